The standard InChI is InChI=1S/C28H48N6O4S8/c1-29-3-7-33(8-4-29)27(39)43-21-23(19-41-25(35)31-11-15-37-16-12-31)45-46-24(20-42-26(36)32-13-17-38-18-14-32)22-44-28(40)34-9-5-30(2)6-10-34/h23-24H,3-22H2,1-2H3. The molecule has 2 atom stereocenters. The van der Waals surface area contributed by atoms with Crippen molar-refractivity contribution in [1.29, 1.82) is 0 Å². The van der Waals surface area contributed by atoms with Crippen LogP contribution in [0.1, 0.15) is 0 Å². The van der Waals surface area contributed by atoms with Gasteiger partial charge in [0.25, 0.3) is 10.5 Å². The monoisotopic (exact) mass is 788 g/mol. The summed E-state index contributed by atoms with van der Waals surface area (Å²) in [5, 5.41) is 0.684. The Bertz CT molecular complexity index is 902. The number of carbonyl (C=O) groups excluding carboxylic acids is 2. The van der Waals surface area contributed by atoms with Gasteiger partial charge in [0.15, 0.2) is 0 Å². The molecule has 4 saturated heterocycles. The lowest BCUT2D eigenvalue weighted by molar-refractivity contribution is 0.0593. The second-order valence-electron chi connectivity index (χ2n) is 11.5. The Kier molecular flexibility index (Phi) is 18.7. The number of morpholine rings is 2. The van der Waals surface area contributed by atoms with E-state index >= 15 is 0 Å². The smallest absolute Gasteiger partial charge is 0.281 e. The molecule has 4 aliphatic heterocycles. The zero-order valence-electron chi connectivity index (χ0n) is 26.9. The molecular weight excluding hydrogens is 741 g/mol. The van der Waals surface area contributed by atoms with Crippen LogP contribution in [0.25, 0.3) is 0 Å². The molecule has 0 aromatic heterocycles. The highest BCUT2D eigenvalue weighted by molar-refractivity contribution is 8.77. The number of thioether (sulfide) groups is 4. The van der Waals surface area contributed by atoms with Gasteiger partial charge in [-0.25, -0.2) is 0 Å². The number of likely N-dealkylation sites (N-methyl/N-ethyl adjacent to an activating group) is 2. The lowest BCUT2D eigenvalue weighted by atomic mass is 10.4. The van der Waals surface area contributed by atoms with Gasteiger partial charge in [-0.3, -0.25) is 9.59 Å². The summed E-state index contributed by atoms with van der Waals surface area (Å²) in [5.41, 5.74) is 0. The van der Waals surface area contributed by atoms with E-state index < -0.39 is 0 Å². The van der Waals surface area contributed by atoms with Crippen LogP contribution in [0.4, 0.5) is 9.59 Å². The summed E-state index contributed by atoms with van der Waals surface area (Å²) in [4.78, 5) is 39.1. The highest BCUT2D eigenvalue weighted by Crippen LogP contribution is 2.38. The van der Waals surface area contributed by atoms with Crippen molar-refractivity contribution < 1.29 is 19.1 Å². The van der Waals surface area contributed by atoms with Crippen molar-refractivity contribution in [2.24, 2.45) is 0 Å². The molecule has 4 fully saturated rings. The van der Waals surface area contributed by atoms with Crippen molar-refractivity contribution in [2.45, 2.75) is 10.5 Å². The summed E-state index contributed by atoms with van der Waals surface area (Å²) in [5.74, 6) is 3.11. The van der Waals surface area contributed by atoms with Crippen LogP contribution in [-0.4, -0.2) is 201 Å². The normalized spacial score (nSPS) is 21.7. The minimum absolute atomic E-state index is 0.127. The van der Waals surface area contributed by atoms with E-state index in [0.29, 0.717) is 64.1 Å². The van der Waals surface area contributed by atoms with Gasteiger partial charge in [-0.15, -0.1) is 0 Å². The molecule has 2 unspecified atom stereocenters. The first kappa shape index (κ1) is 39.4. The predicted molar refractivity (Wildman–Crippen MR) is 212 cm³/mol. The summed E-state index contributed by atoms with van der Waals surface area (Å²) in [7, 11) is 7.98. The van der Waals surface area contributed by atoms with Crippen LogP contribution in [0.2, 0.25) is 0 Å². The third kappa shape index (κ3) is 14.1. The maximum absolute atomic E-state index is 13.0. The summed E-state index contributed by atoms with van der Waals surface area (Å²) >= 11 is 18.0. The van der Waals surface area contributed by atoms with Crippen molar-refractivity contribution >= 4 is 112 Å². The van der Waals surface area contributed by atoms with Gasteiger partial charge < -0.3 is 38.9 Å². The first-order valence-electron chi connectivity index (χ1n) is 15.8. The van der Waals surface area contributed by atoms with Gasteiger partial charge in [-0.1, -0.05) is 93.1 Å². The van der Waals surface area contributed by atoms with E-state index in [9.17, 15) is 9.59 Å². The number of ether oxygens (including phenoxy) is 2. The molecular formula is C28H48N6O4S8. The van der Waals surface area contributed by atoms with Gasteiger partial charge in [-0.2, -0.15) is 0 Å². The molecule has 18 heteroatoms. The second-order valence-corrected chi connectivity index (χ2v) is 19.6. The largest absolute Gasteiger partial charge is 0.378 e. The van der Waals surface area contributed by atoms with E-state index in [2.05, 4.69) is 33.7 Å². The number of nitrogens with zero attached hydrogens (tertiary/aromatic N) is 6. The van der Waals surface area contributed by atoms with Gasteiger partial charge in [0.05, 0.1) is 26.4 Å². The molecule has 262 valence electrons. The molecule has 46 heavy (non-hydrogen) atoms. The summed E-state index contributed by atoms with van der Waals surface area (Å²) in [6.45, 7) is 13.0. The minimum Gasteiger partial charge on any atom is -0.378 e. The molecule has 0 aliphatic carbocycles. The van der Waals surface area contributed by atoms with Crippen LogP contribution in [0.5, 0.6) is 0 Å². The highest BCUT2D eigenvalue weighted by atomic mass is 33.1. The van der Waals surface area contributed by atoms with Crippen molar-refractivity contribution in [3.05, 3.63) is 0 Å². The van der Waals surface area contributed by atoms with E-state index in [-0.39, 0.29) is 21.0 Å². The fourth-order valence-electron chi connectivity index (χ4n) is 4.86. The minimum atomic E-state index is 0.127. The molecule has 4 rings (SSSR count). The summed E-state index contributed by atoms with van der Waals surface area (Å²) < 4.78 is 12.8. The van der Waals surface area contributed by atoms with Gasteiger partial charge in [0.1, 0.15) is 8.64 Å². The molecule has 4 aliphatic rings. The SMILES string of the molecule is CN1CCN(C(=S)SCC(CSC(=O)N2CCOCC2)SSC(CSC(=O)N2CCOCC2)CSC(=S)N2CCN(C)CC2)CC1. The molecule has 10 nitrogen and oxygen atoms in total. The second kappa shape index (κ2) is 21.8. The Hall–Kier alpha value is 0.660. The Labute approximate surface area is 311 Å². The Morgan fingerprint density at radius 2 is 0.848 bits per heavy atom. The van der Waals surface area contributed by atoms with E-state index in [1.54, 1.807) is 23.5 Å². The molecule has 0 bridgehead atoms. The fourth-order valence-corrected chi connectivity index (χ4v) is 14.1. The maximum atomic E-state index is 13.0. The van der Waals surface area contributed by atoms with Crippen LogP contribution in [0.3, 0.4) is 0 Å². The van der Waals surface area contributed by atoms with E-state index in [1.165, 1.54) is 23.5 Å². The first-order valence-corrected chi connectivity index (χ1v) is 22.8. The lowest BCUT2D eigenvalue weighted by Gasteiger charge is -2.34. The average molecular weight is 789 g/mol. The number of amides is 2. The van der Waals surface area contributed by atoms with Crippen LogP contribution < -0.4 is 0 Å². The highest BCUT2D eigenvalue weighted by Gasteiger charge is 2.26. The van der Waals surface area contributed by atoms with Crippen LogP contribution in [0, 0.1) is 0 Å². The molecule has 0 spiro atoms. The zero-order valence-corrected chi connectivity index (χ0v) is 33.4. The number of piperazine rings is 2. The Balaban J connectivity index is 1.34. The first-order chi connectivity index (χ1) is 22.3. The number of rotatable bonds is 11. The zero-order chi connectivity index (χ0) is 32.7. The van der Waals surface area contributed by atoms with Crippen LogP contribution in [0.15, 0.2) is 0 Å². The fraction of sp³-hybridized carbons (Fsp3) is 0.857. The number of hydrogen-bond donors (Lipinski definition) is 0. The molecule has 0 N–H and O–H groups in total. The number of thiocarbonyl (C=S) groups is 2. The summed E-state index contributed by atoms with van der Waals surface area (Å²) in [6.07, 6.45) is 0. The lowest BCUT2D eigenvalue weighted by Crippen LogP contribution is -2.46. The Morgan fingerprint density at radius 3 is 1.20 bits per heavy atom. The quantitative estimate of drug-likeness (QED) is 0.224. The van der Waals surface area contributed by atoms with E-state index in [4.69, 9.17) is 33.9 Å². The Morgan fingerprint density at radius 1 is 0.522 bits per heavy atom. The molecule has 0 saturated carbocycles. The maximum Gasteiger partial charge on any atom is 0.281 e. The van der Waals surface area contributed by atoms with Crippen molar-refractivity contribution in [3.8, 4) is 0 Å². The predicted octanol–water partition coefficient (Wildman–Crippen LogP) is 4.01. The van der Waals surface area contributed by atoms with Crippen LogP contribution >= 0.6 is 93.1 Å². The van der Waals surface area contributed by atoms with Crippen molar-refractivity contribution in [1.82, 2.24) is 29.4 Å². The average Bonchev–Trinajstić information content (AvgIpc) is 3.09. The third-order valence-corrected chi connectivity index (χ3v) is 17.6. The van der Waals surface area contributed by atoms with E-state index in [0.717, 1.165) is 72.5 Å². The molecule has 0 aromatic rings. The summed E-state index contributed by atoms with van der Waals surface area (Å²) in [6, 6.07) is 0. The van der Waals surface area contributed by atoms with Gasteiger partial charge in [-0.05, 0) is 14.1 Å². The number of hydrogen-bond acceptors (Lipinski definition) is 14. The topological polar surface area (TPSA) is 72.0 Å². The molecule has 0 radical (unpaired) electrons. The van der Waals surface area contributed by atoms with Gasteiger partial charge in [0.2, 0.25) is 0 Å². The molecule has 4 heterocycles. The van der Waals surface area contributed by atoms with Crippen molar-refractivity contribution in [2.75, 3.05) is 142 Å². The van der Waals surface area contributed by atoms with Crippen molar-refractivity contribution in [3.63, 3.8) is 0 Å². The van der Waals surface area contributed by atoms with E-state index in [1.807, 2.05) is 31.4 Å². The third-order valence-electron chi connectivity index (χ3n) is 7.96. The van der Waals surface area contributed by atoms with Gasteiger partial charge >= 0.3 is 0 Å². The molecule has 2 amide bonds. The molecule has 0 aromatic carbocycles. The number of carbonyl (C=O) groups is 2. The van der Waals surface area contributed by atoms with Crippen LogP contribution in [-0.2, 0) is 9.47 Å². The van der Waals surface area contributed by atoms with Gasteiger partial charge in [0, 0.05) is 112 Å².